The van der Waals surface area contributed by atoms with Gasteiger partial charge < -0.3 is 35.7 Å². The molecule has 0 amide bonds. The summed E-state index contributed by atoms with van der Waals surface area (Å²) in [5.41, 5.74) is 11.8. The number of anilines is 2. The van der Waals surface area contributed by atoms with Crippen LogP contribution < -0.4 is 17.0 Å². The Balaban J connectivity index is 1.18. The van der Waals surface area contributed by atoms with Crippen LogP contribution in [0.3, 0.4) is 0 Å². The summed E-state index contributed by atoms with van der Waals surface area (Å²) in [6.07, 6.45) is -2.80. The Morgan fingerprint density at radius 2 is 1.80 bits per heavy atom. The summed E-state index contributed by atoms with van der Waals surface area (Å²) in [6.45, 7) is -0.494. The van der Waals surface area contributed by atoms with E-state index in [2.05, 4.69) is 29.9 Å². The molecule has 3 aliphatic heterocycles. The number of aliphatic hydroxyl groups is 1. The average Bonchev–Trinajstić information content (AvgIpc) is 3.67. The third-order valence-electron chi connectivity index (χ3n) is 7.05. The van der Waals surface area contributed by atoms with Gasteiger partial charge in [0.05, 0.1) is 32.0 Å². The van der Waals surface area contributed by atoms with Crippen LogP contribution in [-0.2, 0) is 27.8 Å². The van der Waals surface area contributed by atoms with E-state index in [-0.39, 0.29) is 42.6 Å². The van der Waals surface area contributed by atoms with Crippen LogP contribution in [0, 0.1) is 0 Å². The van der Waals surface area contributed by atoms with Gasteiger partial charge in [0.2, 0.25) is 5.95 Å². The van der Waals surface area contributed by atoms with Crippen LogP contribution in [0.1, 0.15) is 18.9 Å². The monoisotopic (exact) mass is 578 g/mol. The zero-order valence-electron chi connectivity index (χ0n) is 20.4. The van der Waals surface area contributed by atoms with Gasteiger partial charge in [0.15, 0.2) is 28.9 Å². The average molecular weight is 578 g/mol. The lowest BCUT2D eigenvalue weighted by molar-refractivity contribution is -0.105. The summed E-state index contributed by atoms with van der Waals surface area (Å²) in [6, 6.07) is 0. The van der Waals surface area contributed by atoms with Crippen molar-refractivity contribution >= 4 is 41.9 Å². The first kappa shape index (κ1) is 25.4. The largest absolute Gasteiger partial charge is 0.472 e. The number of H-pyrrole nitrogens is 1. The molecule has 3 fully saturated rings. The van der Waals surface area contributed by atoms with Gasteiger partial charge in [0.25, 0.3) is 5.56 Å². The van der Waals surface area contributed by atoms with E-state index < -0.39 is 56.4 Å². The lowest BCUT2D eigenvalue weighted by Gasteiger charge is -2.25. The van der Waals surface area contributed by atoms with Gasteiger partial charge in [-0.3, -0.25) is 28.0 Å². The molecule has 6 unspecified atom stereocenters. The summed E-state index contributed by atoms with van der Waals surface area (Å²) >= 11 is 0. The van der Waals surface area contributed by atoms with E-state index in [1.54, 1.807) is 4.57 Å². The van der Waals surface area contributed by atoms with Crippen molar-refractivity contribution in [1.29, 1.82) is 0 Å². The molecular formula is C20H23N10O9P. The van der Waals surface area contributed by atoms with Crippen molar-refractivity contribution in [3.05, 3.63) is 29.3 Å². The number of aromatic nitrogens is 8. The van der Waals surface area contributed by atoms with Crippen LogP contribution in [0.5, 0.6) is 0 Å². The normalized spacial score (nSPS) is 34.7. The van der Waals surface area contributed by atoms with Crippen LogP contribution in [-0.4, -0.2) is 92.8 Å². The number of nitrogens with zero attached hydrogens (tertiary/aromatic N) is 7. The minimum Gasteiger partial charge on any atom is -0.387 e. The number of fused-ring (bicyclic) bond motifs is 5. The number of hydrogen-bond donors (Lipinski definition) is 5. The Bertz CT molecular complexity index is 1710. The minimum atomic E-state index is -4.78. The fourth-order valence-corrected chi connectivity index (χ4v) is 6.10. The second-order valence-electron chi connectivity index (χ2n) is 9.48. The van der Waals surface area contributed by atoms with Gasteiger partial charge in [-0.25, -0.2) is 24.5 Å². The Morgan fingerprint density at radius 1 is 1.00 bits per heavy atom. The molecule has 7 heterocycles. The Morgan fingerprint density at radius 3 is 2.65 bits per heavy atom. The SMILES string of the molecule is Nc1nc2c(ncn2C2OC3CO[C@@H]4C[C@H](n5cnc6c(N)ncnc65)OC4COP(=O)(O)OC2C3O)c(=O)[nH]1. The van der Waals surface area contributed by atoms with Crippen molar-refractivity contribution in [2.24, 2.45) is 0 Å². The molecule has 0 saturated carbocycles. The molecule has 0 radical (unpaired) electrons. The van der Waals surface area contributed by atoms with Crippen molar-refractivity contribution in [3.63, 3.8) is 0 Å². The molecule has 212 valence electrons. The molecule has 0 aliphatic carbocycles. The molecule has 0 aromatic carbocycles. The lowest BCUT2D eigenvalue weighted by atomic mass is 10.1. The molecule has 2 bridgehead atoms. The highest BCUT2D eigenvalue weighted by Gasteiger charge is 2.51. The van der Waals surface area contributed by atoms with Gasteiger partial charge in [0, 0.05) is 6.42 Å². The number of nitrogens with one attached hydrogen (secondary N) is 1. The van der Waals surface area contributed by atoms with Crippen molar-refractivity contribution in [1.82, 2.24) is 39.0 Å². The molecular weight excluding hydrogens is 555 g/mol. The maximum Gasteiger partial charge on any atom is 0.472 e. The van der Waals surface area contributed by atoms with Crippen LogP contribution in [0.4, 0.5) is 11.8 Å². The van der Waals surface area contributed by atoms with Gasteiger partial charge in [-0.05, 0) is 0 Å². The molecule has 40 heavy (non-hydrogen) atoms. The highest BCUT2D eigenvalue weighted by Crippen LogP contribution is 2.50. The van der Waals surface area contributed by atoms with E-state index in [1.807, 2.05) is 0 Å². The molecule has 8 atom stereocenters. The molecule has 7 rings (SSSR count). The van der Waals surface area contributed by atoms with Crippen LogP contribution in [0.2, 0.25) is 0 Å². The number of ether oxygens (including phenoxy) is 3. The molecule has 4 aromatic heterocycles. The number of aromatic amines is 1. The van der Waals surface area contributed by atoms with Crippen LogP contribution >= 0.6 is 7.82 Å². The third-order valence-corrected chi connectivity index (χ3v) is 8.03. The summed E-state index contributed by atoms with van der Waals surface area (Å²) in [5.74, 6) is 0.0296. The zero-order valence-corrected chi connectivity index (χ0v) is 21.3. The number of imidazole rings is 2. The fraction of sp³-hybridized carbons (Fsp3) is 0.500. The van der Waals surface area contributed by atoms with Crippen molar-refractivity contribution in [3.8, 4) is 0 Å². The molecule has 4 aromatic rings. The number of phosphoric ester groups is 1. The molecule has 7 N–H and O–H groups in total. The molecule has 0 spiro atoms. The Labute approximate surface area is 222 Å². The number of nitrogen functional groups attached to an aromatic ring is 2. The number of phosphoric acid groups is 1. The summed E-state index contributed by atoms with van der Waals surface area (Å²) in [5, 5.41) is 11.1. The zero-order chi connectivity index (χ0) is 27.8. The first-order valence-electron chi connectivity index (χ1n) is 12.1. The van der Waals surface area contributed by atoms with Crippen LogP contribution in [0.15, 0.2) is 23.8 Å². The number of hydrogen-bond acceptors (Lipinski definition) is 15. The standard InChI is InChI=1S/C20H23N10O9P/c21-15-11-16(24-4-23-15)29(5-25-11)10-1-7-8(37-10)3-36-40(33,34)39-14-13(31)9(2-35-7)38-19(14)30-6-26-12-17(30)27-20(22)28-18(12)32/h4-10,13-14,19,31H,1-3H2,(H,33,34)(H2,21,23,24)(H3,22,27,28,32)/t7-,8?,9?,10-,13?,14?,19?/m1/s1. The van der Waals surface area contributed by atoms with E-state index in [4.69, 9.17) is 34.7 Å². The number of rotatable bonds is 2. The summed E-state index contributed by atoms with van der Waals surface area (Å²) in [4.78, 5) is 45.7. The number of nitrogens with two attached hydrogens (primary N) is 2. The number of aliphatic hydroxyl groups excluding tert-OH is 1. The predicted molar refractivity (Wildman–Crippen MR) is 131 cm³/mol. The van der Waals surface area contributed by atoms with Gasteiger partial charge in [-0.15, -0.1) is 0 Å². The van der Waals surface area contributed by atoms with E-state index >= 15 is 0 Å². The Kier molecular flexibility index (Phi) is 5.88. The lowest BCUT2D eigenvalue weighted by Crippen LogP contribution is -2.36. The second-order valence-corrected chi connectivity index (χ2v) is 10.9. The first-order valence-corrected chi connectivity index (χ1v) is 13.6. The van der Waals surface area contributed by atoms with E-state index in [0.717, 1.165) is 0 Å². The molecule has 20 heteroatoms. The van der Waals surface area contributed by atoms with Crippen LogP contribution in [0.25, 0.3) is 22.3 Å². The van der Waals surface area contributed by atoms with Gasteiger partial charge in [0.1, 0.15) is 42.5 Å². The van der Waals surface area contributed by atoms with E-state index in [9.17, 15) is 19.4 Å². The van der Waals surface area contributed by atoms with Gasteiger partial charge >= 0.3 is 7.82 Å². The van der Waals surface area contributed by atoms with Gasteiger partial charge in [-0.1, -0.05) is 0 Å². The van der Waals surface area contributed by atoms with E-state index in [0.29, 0.717) is 11.2 Å². The second kappa shape index (κ2) is 9.25. The van der Waals surface area contributed by atoms with Crippen molar-refractivity contribution in [2.45, 2.75) is 49.4 Å². The third kappa shape index (κ3) is 4.14. The fourth-order valence-electron chi connectivity index (χ4n) is 5.17. The van der Waals surface area contributed by atoms with Crippen molar-refractivity contribution in [2.75, 3.05) is 24.7 Å². The maximum atomic E-state index is 13.0. The van der Waals surface area contributed by atoms with Gasteiger partial charge in [-0.2, -0.15) is 4.98 Å². The Hall–Kier alpha value is -3.55. The smallest absolute Gasteiger partial charge is 0.387 e. The first-order chi connectivity index (χ1) is 19.2. The van der Waals surface area contributed by atoms with E-state index in [1.165, 1.54) is 23.5 Å². The molecule has 19 nitrogen and oxygen atoms in total. The highest BCUT2D eigenvalue weighted by atomic mass is 31.2. The highest BCUT2D eigenvalue weighted by molar-refractivity contribution is 7.47. The topological polar surface area (TPSA) is 263 Å². The molecule has 3 aliphatic rings. The maximum absolute atomic E-state index is 13.0. The molecule has 3 saturated heterocycles. The predicted octanol–water partition coefficient (Wildman–Crippen LogP) is -1.43. The minimum absolute atomic E-state index is 0.0264. The quantitative estimate of drug-likeness (QED) is 0.171. The summed E-state index contributed by atoms with van der Waals surface area (Å²) < 4.78 is 44.8. The van der Waals surface area contributed by atoms with Crippen molar-refractivity contribution < 1.29 is 37.8 Å². The summed E-state index contributed by atoms with van der Waals surface area (Å²) in [7, 11) is -4.78.